The molecule has 1 rings (SSSR count). The second-order valence-corrected chi connectivity index (χ2v) is 5.47. The summed E-state index contributed by atoms with van der Waals surface area (Å²) in [5, 5.41) is 3.16. The molecule has 1 saturated heterocycles. The molecule has 0 aromatic carbocycles. The topological polar surface area (TPSA) is 64.6 Å². The molecule has 18 heavy (non-hydrogen) atoms. The number of hydrogen-bond donors (Lipinski definition) is 1. The highest BCUT2D eigenvalue weighted by Gasteiger charge is 2.40. The highest BCUT2D eigenvalue weighted by atomic mass is 16.6. The summed E-state index contributed by atoms with van der Waals surface area (Å²) in [5.41, 5.74) is -0.597. The summed E-state index contributed by atoms with van der Waals surface area (Å²) in [7, 11) is 0. The summed E-state index contributed by atoms with van der Waals surface area (Å²) in [6, 6.07) is -0.168. The number of rotatable bonds is 4. The minimum Gasteiger partial charge on any atom is -0.465 e. The number of carbonyl (C=O) groups excluding carboxylic acids is 2. The first-order chi connectivity index (χ1) is 8.35. The van der Waals surface area contributed by atoms with Gasteiger partial charge in [-0.1, -0.05) is 0 Å². The van der Waals surface area contributed by atoms with Crippen molar-refractivity contribution in [2.75, 3.05) is 13.2 Å². The van der Waals surface area contributed by atoms with E-state index in [0.29, 0.717) is 0 Å². The van der Waals surface area contributed by atoms with Gasteiger partial charge in [-0.25, -0.2) is 0 Å². The van der Waals surface area contributed by atoms with Crippen LogP contribution in [-0.4, -0.2) is 36.7 Å². The SMILES string of the molecule is CCOC(=O)[C@@H](C(=O)OC(C)(C)C)[C@H]1CCCN1. The molecule has 5 heteroatoms. The summed E-state index contributed by atoms with van der Waals surface area (Å²) in [5.74, 6) is -1.85. The minimum atomic E-state index is -0.855. The molecule has 1 fully saturated rings. The van der Waals surface area contributed by atoms with Crippen LogP contribution in [0.25, 0.3) is 0 Å². The number of hydrogen-bond acceptors (Lipinski definition) is 5. The molecule has 1 heterocycles. The van der Waals surface area contributed by atoms with Crippen LogP contribution >= 0.6 is 0 Å². The Hall–Kier alpha value is -1.10. The summed E-state index contributed by atoms with van der Waals surface area (Å²) in [6.07, 6.45) is 1.76. The maximum Gasteiger partial charge on any atom is 0.322 e. The second kappa shape index (κ2) is 6.18. The average Bonchev–Trinajstić information content (AvgIpc) is 2.68. The molecule has 5 nitrogen and oxygen atoms in total. The van der Waals surface area contributed by atoms with Crippen molar-refractivity contribution in [3.8, 4) is 0 Å². The van der Waals surface area contributed by atoms with Crippen molar-refractivity contribution in [3.05, 3.63) is 0 Å². The van der Waals surface area contributed by atoms with Crippen LogP contribution in [0, 0.1) is 5.92 Å². The Bertz CT molecular complexity index is 303. The lowest BCUT2D eigenvalue weighted by atomic mass is 9.98. The van der Waals surface area contributed by atoms with Gasteiger partial charge in [0.15, 0.2) is 5.92 Å². The summed E-state index contributed by atoms with van der Waals surface area (Å²) in [6.45, 7) is 8.18. The van der Waals surface area contributed by atoms with Gasteiger partial charge >= 0.3 is 11.9 Å². The smallest absolute Gasteiger partial charge is 0.322 e. The van der Waals surface area contributed by atoms with Gasteiger partial charge in [-0.05, 0) is 47.1 Å². The maximum absolute atomic E-state index is 12.1. The number of ether oxygens (including phenoxy) is 2. The molecule has 0 aromatic rings. The number of esters is 2. The van der Waals surface area contributed by atoms with Gasteiger partial charge in [0, 0.05) is 6.04 Å². The lowest BCUT2D eigenvalue weighted by Crippen LogP contribution is -2.44. The minimum absolute atomic E-state index is 0.168. The molecule has 0 bridgehead atoms. The van der Waals surface area contributed by atoms with E-state index in [0.717, 1.165) is 19.4 Å². The van der Waals surface area contributed by atoms with Gasteiger partial charge in [0.1, 0.15) is 5.60 Å². The fourth-order valence-corrected chi connectivity index (χ4v) is 2.02. The predicted molar refractivity (Wildman–Crippen MR) is 67.0 cm³/mol. The molecule has 0 aliphatic carbocycles. The van der Waals surface area contributed by atoms with Gasteiger partial charge in [-0.15, -0.1) is 0 Å². The fourth-order valence-electron chi connectivity index (χ4n) is 2.02. The molecule has 0 unspecified atom stereocenters. The molecule has 0 amide bonds. The molecule has 1 aliphatic heterocycles. The van der Waals surface area contributed by atoms with Crippen LogP contribution in [-0.2, 0) is 19.1 Å². The molecule has 104 valence electrons. The van der Waals surface area contributed by atoms with Crippen LogP contribution in [0.4, 0.5) is 0 Å². The zero-order valence-corrected chi connectivity index (χ0v) is 11.6. The van der Waals surface area contributed by atoms with Crippen LogP contribution in [0.15, 0.2) is 0 Å². The van der Waals surface area contributed by atoms with Gasteiger partial charge in [-0.3, -0.25) is 9.59 Å². The normalized spacial score (nSPS) is 21.4. The van der Waals surface area contributed by atoms with Crippen molar-refractivity contribution in [2.24, 2.45) is 5.92 Å². The van der Waals surface area contributed by atoms with Crippen molar-refractivity contribution in [2.45, 2.75) is 52.2 Å². The molecular formula is C13H23NO4. The standard InChI is InChI=1S/C13H23NO4/c1-5-17-11(15)10(9-7-6-8-14-9)12(16)18-13(2,3)4/h9-10,14H,5-8H2,1-4H3/t9-,10+/m1/s1. The van der Waals surface area contributed by atoms with E-state index in [4.69, 9.17) is 9.47 Å². The van der Waals surface area contributed by atoms with E-state index in [1.165, 1.54) is 0 Å². The van der Waals surface area contributed by atoms with E-state index in [1.54, 1.807) is 27.7 Å². The van der Waals surface area contributed by atoms with Crippen molar-refractivity contribution >= 4 is 11.9 Å². The lowest BCUT2D eigenvalue weighted by molar-refractivity contribution is -0.170. The van der Waals surface area contributed by atoms with Crippen molar-refractivity contribution in [1.29, 1.82) is 0 Å². The fraction of sp³-hybridized carbons (Fsp3) is 0.846. The number of carbonyl (C=O) groups is 2. The van der Waals surface area contributed by atoms with Gasteiger partial charge < -0.3 is 14.8 Å². The third-order valence-corrected chi connectivity index (χ3v) is 2.70. The van der Waals surface area contributed by atoms with E-state index in [-0.39, 0.29) is 12.6 Å². The first-order valence-corrected chi connectivity index (χ1v) is 6.48. The van der Waals surface area contributed by atoms with E-state index in [1.807, 2.05) is 0 Å². The Morgan fingerprint density at radius 2 is 2.00 bits per heavy atom. The van der Waals surface area contributed by atoms with Crippen LogP contribution in [0.1, 0.15) is 40.5 Å². The monoisotopic (exact) mass is 257 g/mol. The third kappa shape index (κ3) is 4.29. The molecule has 2 atom stereocenters. The van der Waals surface area contributed by atoms with Crippen LogP contribution < -0.4 is 5.32 Å². The van der Waals surface area contributed by atoms with Crippen molar-refractivity contribution in [1.82, 2.24) is 5.32 Å². The third-order valence-electron chi connectivity index (χ3n) is 2.70. The van der Waals surface area contributed by atoms with Gasteiger partial charge in [0.05, 0.1) is 6.61 Å². The van der Waals surface area contributed by atoms with Crippen LogP contribution in [0.5, 0.6) is 0 Å². The Kier molecular flexibility index (Phi) is 5.14. The highest BCUT2D eigenvalue weighted by molar-refractivity contribution is 5.96. The van der Waals surface area contributed by atoms with Crippen molar-refractivity contribution < 1.29 is 19.1 Å². The Balaban J connectivity index is 2.76. The zero-order chi connectivity index (χ0) is 13.8. The summed E-state index contributed by atoms with van der Waals surface area (Å²) < 4.78 is 10.3. The lowest BCUT2D eigenvalue weighted by Gasteiger charge is -2.26. The van der Waals surface area contributed by atoms with Crippen LogP contribution in [0.2, 0.25) is 0 Å². The predicted octanol–water partition coefficient (Wildman–Crippen LogP) is 1.26. The molecule has 1 aliphatic rings. The first kappa shape index (κ1) is 15.0. The molecule has 0 radical (unpaired) electrons. The Morgan fingerprint density at radius 1 is 1.33 bits per heavy atom. The zero-order valence-electron chi connectivity index (χ0n) is 11.6. The highest BCUT2D eigenvalue weighted by Crippen LogP contribution is 2.21. The Labute approximate surface area is 108 Å². The summed E-state index contributed by atoms with van der Waals surface area (Å²) in [4.78, 5) is 24.0. The van der Waals surface area contributed by atoms with Gasteiger partial charge in [-0.2, -0.15) is 0 Å². The van der Waals surface area contributed by atoms with E-state index >= 15 is 0 Å². The molecule has 0 spiro atoms. The molecule has 0 saturated carbocycles. The second-order valence-electron chi connectivity index (χ2n) is 5.47. The van der Waals surface area contributed by atoms with E-state index in [2.05, 4.69) is 5.32 Å². The average molecular weight is 257 g/mol. The molecule has 0 aromatic heterocycles. The quantitative estimate of drug-likeness (QED) is 0.606. The summed E-state index contributed by atoms with van der Waals surface area (Å²) >= 11 is 0. The number of nitrogens with one attached hydrogen (secondary N) is 1. The first-order valence-electron chi connectivity index (χ1n) is 6.48. The molecule has 1 N–H and O–H groups in total. The maximum atomic E-state index is 12.1. The van der Waals surface area contributed by atoms with Gasteiger partial charge in [0.25, 0.3) is 0 Å². The van der Waals surface area contributed by atoms with E-state index in [9.17, 15) is 9.59 Å². The van der Waals surface area contributed by atoms with Crippen LogP contribution in [0.3, 0.4) is 0 Å². The van der Waals surface area contributed by atoms with E-state index < -0.39 is 23.5 Å². The largest absolute Gasteiger partial charge is 0.465 e. The van der Waals surface area contributed by atoms with Gasteiger partial charge in [0.2, 0.25) is 0 Å². The van der Waals surface area contributed by atoms with Crippen molar-refractivity contribution in [3.63, 3.8) is 0 Å². The molecular weight excluding hydrogens is 234 g/mol. The Morgan fingerprint density at radius 3 is 2.44 bits per heavy atom.